The zero-order valence-electron chi connectivity index (χ0n) is 7.52. The average Bonchev–Trinajstić information content (AvgIpc) is 2.01. The van der Waals surface area contributed by atoms with Crippen LogP contribution in [0.15, 0.2) is 11.6 Å². The second kappa shape index (κ2) is 5.32. The molecule has 14 heavy (non-hydrogen) atoms. The number of hydrogen-bond donors (Lipinski definition) is 0. The van der Waals surface area contributed by atoms with E-state index in [1.54, 1.807) is 0 Å². The van der Waals surface area contributed by atoms with Crippen LogP contribution in [0.4, 0.5) is 13.2 Å². The third-order valence-electron chi connectivity index (χ3n) is 1.17. The van der Waals surface area contributed by atoms with E-state index in [0.29, 0.717) is 0 Å². The number of alkyl halides is 3. The number of esters is 1. The number of rotatable bonds is 3. The van der Waals surface area contributed by atoms with Crippen molar-refractivity contribution in [3.05, 3.63) is 11.6 Å². The Kier molecular flexibility index (Phi) is 4.78. The predicted octanol–water partition coefficient (Wildman–Crippen LogP) is 2.06. The Labute approximate surface area is 79.7 Å². The number of hydrogen-bond acceptors (Lipinski definition) is 2. The highest BCUT2D eigenvalue weighted by Gasteiger charge is 2.26. The molecule has 0 aromatic carbocycles. The van der Waals surface area contributed by atoms with Crippen molar-refractivity contribution in [2.24, 2.45) is 0 Å². The number of ether oxygens (including phenoxy) is 1. The fraction of sp³-hybridized carbons (Fsp3) is 0.444. The standard InChI is InChI=1S/C9H9F3O2/c1-3-5-7(6-9(10,11)12)8(13)14-4-2/h1,6H,4-5H2,2H3/b7-6+. The van der Waals surface area contributed by atoms with E-state index in [1.165, 1.54) is 6.92 Å². The maximum Gasteiger partial charge on any atom is 0.410 e. The fourth-order valence-electron chi connectivity index (χ4n) is 0.713. The first-order valence-electron chi connectivity index (χ1n) is 3.79. The Hall–Kier alpha value is -1.44. The molecular weight excluding hydrogens is 197 g/mol. The largest absolute Gasteiger partial charge is 0.463 e. The Morgan fingerprint density at radius 3 is 2.50 bits per heavy atom. The van der Waals surface area contributed by atoms with Crippen LogP contribution < -0.4 is 0 Å². The van der Waals surface area contributed by atoms with Crippen LogP contribution in [0.2, 0.25) is 0 Å². The fourth-order valence-corrected chi connectivity index (χ4v) is 0.713. The monoisotopic (exact) mass is 206 g/mol. The summed E-state index contributed by atoms with van der Waals surface area (Å²) < 4.78 is 40.0. The predicted molar refractivity (Wildman–Crippen MR) is 44.2 cm³/mol. The third-order valence-corrected chi connectivity index (χ3v) is 1.17. The van der Waals surface area contributed by atoms with Crippen molar-refractivity contribution in [1.29, 1.82) is 0 Å². The Balaban J connectivity index is 4.69. The van der Waals surface area contributed by atoms with Gasteiger partial charge in [-0.25, -0.2) is 4.79 Å². The lowest BCUT2D eigenvalue weighted by atomic mass is 10.2. The molecule has 0 saturated carbocycles. The summed E-state index contributed by atoms with van der Waals surface area (Å²) >= 11 is 0. The zero-order valence-corrected chi connectivity index (χ0v) is 7.52. The highest BCUT2D eigenvalue weighted by atomic mass is 19.4. The van der Waals surface area contributed by atoms with E-state index in [1.807, 2.05) is 5.92 Å². The summed E-state index contributed by atoms with van der Waals surface area (Å²) in [6.45, 7) is 1.51. The van der Waals surface area contributed by atoms with Gasteiger partial charge in [0.2, 0.25) is 0 Å². The molecule has 0 aromatic heterocycles. The molecule has 78 valence electrons. The van der Waals surface area contributed by atoms with E-state index < -0.39 is 24.1 Å². The molecule has 0 saturated heterocycles. The van der Waals surface area contributed by atoms with Crippen molar-refractivity contribution < 1.29 is 22.7 Å². The van der Waals surface area contributed by atoms with Crippen molar-refractivity contribution >= 4 is 5.97 Å². The van der Waals surface area contributed by atoms with Gasteiger partial charge in [0.1, 0.15) is 0 Å². The SMILES string of the molecule is C#CC/C(=C\C(F)(F)F)C(=O)OCC. The van der Waals surface area contributed by atoms with E-state index in [9.17, 15) is 18.0 Å². The summed E-state index contributed by atoms with van der Waals surface area (Å²) in [5.74, 6) is 0.935. The van der Waals surface area contributed by atoms with Gasteiger partial charge in [-0.1, -0.05) is 0 Å². The maximum absolute atomic E-state index is 11.9. The Bertz CT molecular complexity index is 271. The van der Waals surface area contributed by atoms with Crippen LogP contribution >= 0.6 is 0 Å². The second-order valence-electron chi connectivity index (χ2n) is 2.31. The molecule has 0 N–H and O–H groups in total. The highest BCUT2D eigenvalue weighted by molar-refractivity contribution is 5.89. The molecule has 5 heteroatoms. The van der Waals surface area contributed by atoms with Gasteiger partial charge < -0.3 is 4.74 Å². The summed E-state index contributed by atoms with van der Waals surface area (Å²) in [6.07, 6.45) is -0.265. The first kappa shape index (κ1) is 12.6. The number of terminal acetylenes is 1. The van der Waals surface area contributed by atoms with Crippen LogP contribution in [0.5, 0.6) is 0 Å². The lowest BCUT2D eigenvalue weighted by Crippen LogP contribution is -2.12. The molecule has 0 spiro atoms. The lowest BCUT2D eigenvalue weighted by molar-refractivity contribution is -0.139. The lowest BCUT2D eigenvalue weighted by Gasteiger charge is -2.05. The molecular formula is C9H9F3O2. The Morgan fingerprint density at radius 2 is 2.14 bits per heavy atom. The minimum Gasteiger partial charge on any atom is -0.463 e. The van der Waals surface area contributed by atoms with Gasteiger partial charge in [0.15, 0.2) is 0 Å². The van der Waals surface area contributed by atoms with Crippen LogP contribution in [0.3, 0.4) is 0 Å². The van der Waals surface area contributed by atoms with Gasteiger partial charge in [0.05, 0.1) is 12.2 Å². The highest BCUT2D eigenvalue weighted by Crippen LogP contribution is 2.20. The van der Waals surface area contributed by atoms with Gasteiger partial charge in [-0.05, 0) is 6.92 Å². The van der Waals surface area contributed by atoms with E-state index in [0.717, 1.165) is 0 Å². The molecule has 0 unspecified atom stereocenters. The van der Waals surface area contributed by atoms with Crippen LogP contribution in [0.25, 0.3) is 0 Å². The maximum atomic E-state index is 11.9. The van der Waals surface area contributed by atoms with Gasteiger partial charge >= 0.3 is 12.1 Å². The van der Waals surface area contributed by atoms with Gasteiger partial charge in [0.25, 0.3) is 0 Å². The van der Waals surface area contributed by atoms with Crippen LogP contribution in [0, 0.1) is 12.3 Å². The normalized spacial score (nSPS) is 12.1. The molecule has 0 atom stereocenters. The molecule has 0 aliphatic carbocycles. The van der Waals surface area contributed by atoms with Crippen molar-refractivity contribution in [3.63, 3.8) is 0 Å². The third kappa shape index (κ3) is 5.25. The van der Waals surface area contributed by atoms with E-state index >= 15 is 0 Å². The van der Waals surface area contributed by atoms with E-state index in [2.05, 4.69) is 4.74 Å². The molecule has 0 aromatic rings. The molecule has 0 aliphatic heterocycles. The molecule has 0 aliphatic rings. The van der Waals surface area contributed by atoms with E-state index in [4.69, 9.17) is 6.42 Å². The molecule has 0 rings (SSSR count). The molecule has 0 heterocycles. The van der Waals surface area contributed by atoms with Crippen molar-refractivity contribution in [1.82, 2.24) is 0 Å². The molecule has 0 radical (unpaired) electrons. The first-order valence-corrected chi connectivity index (χ1v) is 3.79. The van der Waals surface area contributed by atoms with Gasteiger partial charge in [-0.3, -0.25) is 0 Å². The Morgan fingerprint density at radius 1 is 1.57 bits per heavy atom. The molecule has 0 amide bonds. The first-order chi connectivity index (χ1) is 6.40. The second-order valence-corrected chi connectivity index (χ2v) is 2.31. The van der Waals surface area contributed by atoms with E-state index in [-0.39, 0.29) is 12.7 Å². The number of carbonyl (C=O) groups is 1. The summed E-state index contributed by atoms with van der Waals surface area (Å²) in [7, 11) is 0. The van der Waals surface area contributed by atoms with Crippen molar-refractivity contribution in [3.8, 4) is 12.3 Å². The van der Waals surface area contributed by atoms with Crippen molar-refractivity contribution in [2.75, 3.05) is 6.61 Å². The summed E-state index contributed by atoms with van der Waals surface area (Å²) in [6, 6.07) is 0. The van der Waals surface area contributed by atoms with Gasteiger partial charge in [0, 0.05) is 12.5 Å². The van der Waals surface area contributed by atoms with Gasteiger partial charge in [-0.2, -0.15) is 13.2 Å². The molecule has 2 nitrogen and oxygen atoms in total. The molecule has 0 fully saturated rings. The zero-order chi connectivity index (χ0) is 11.2. The number of allylic oxidation sites excluding steroid dienone is 1. The van der Waals surface area contributed by atoms with Crippen LogP contribution in [-0.4, -0.2) is 18.8 Å². The summed E-state index contributed by atoms with van der Waals surface area (Å²) in [4.78, 5) is 10.9. The average molecular weight is 206 g/mol. The smallest absolute Gasteiger partial charge is 0.410 e. The van der Waals surface area contributed by atoms with Crippen LogP contribution in [-0.2, 0) is 9.53 Å². The number of carbonyl (C=O) groups excluding carboxylic acids is 1. The summed E-state index contributed by atoms with van der Waals surface area (Å²) in [5, 5.41) is 0. The minimum atomic E-state index is -4.56. The topological polar surface area (TPSA) is 26.3 Å². The number of halogens is 3. The molecule has 0 bridgehead atoms. The summed E-state index contributed by atoms with van der Waals surface area (Å²) in [5.41, 5.74) is -0.554. The van der Waals surface area contributed by atoms with Gasteiger partial charge in [-0.15, -0.1) is 12.3 Å². The minimum absolute atomic E-state index is 0.0125. The van der Waals surface area contributed by atoms with Crippen molar-refractivity contribution in [2.45, 2.75) is 19.5 Å². The van der Waals surface area contributed by atoms with Crippen LogP contribution in [0.1, 0.15) is 13.3 Å². The quantitative estimate of drug-likeness (QED) is 0.401.